The average Bonchev–Trinajstić information content (AvgIpc) is 3.34. The first kappa shape index (κ1) is 32.0. The number of carbonyl (C=O) groups is 2. The van der Waals surface area contributed by atoms with Gasteiger partial charge in [0.1, 0.15) is 18.3 Å². The van der Waals surface area contributed by atoms with Crippen molar-refractivity contribution in [2.75, 3.05) is 31.1 Å². The van der Waals surface area contributed by atoms with Gasteiger partial charge in [-0.2, -0.15) is 4.99 Å². The van der Waals surface area contributed by atoms with Crippen LogP contribution in [-0.4, -0.2) is 76.6 Å². The lowest BCUT2D eigenvalue weighted by molar-refractivity contribution is -0.126. The molecule has 1 saturated heterocycles. The molecule has 3 heterocycles. The number of likely N-dealkylation sites (tertiary alicyclic amines) is 1. The van der Waals surface area contributed by atoms with Crippen LogP contribution in [0, 0.1) is 17.7 Å². The molecule has 2 fully saturated rings. The molecule has 1 aromatic carbocycles. The van der Waals surface area contributed by atoms with Gasteiger partial charge in [0.15, 0.2) is 0 Å². The van der Waals surface area contributed by atoms with Gasteiger partial charge in [-0.3, -0.25) is 14.5 Å². The van der Waals surface area contributed by atoms with Crippen molar-refractivity contribution in [2.24, 2.45) is 16.8 Å². The maximum Gasteiger partial charge on any atom is 0.278 e. The fraction of sp³-hybridized carbons (Fsp3) is 0.588. The average molecular weight is 608 g/mol. The molecule has 0 bridgehead atoms. The molecule has 0 radical (unpaired) electrons. The zero-order valence-corrected chi connectivity index (χ0v) is 26.4. The third-order valence-corrected chi connectivity index (χ3v) is 9.25. The fourth-order valence-corrected chi connectivity index (χ4v) is 6.70. The van der Waals surface area contributed by atoms with E-state index < -0.39 is 17.3 Å². The summed E-state index contributed by atoms with van der Waals surface area (Å²) in [5.41, 5.74) is 1.59. The Hall–Kier alpha value is -3.37. The predicted molar refractivity (Wildman–Crippen MR) is 169 cm³/mol. The second-order valence-corrected chi connectivity index (χ2v) is 13.3. The number of fused-ring (bicyclic) bond motifs is 1. The molecule has 1 aliphatic carbocycles. The van der Waals surface area contributed by atoms with Crippen molar-refractivity contribution in [2.45, 2.75) is 90.3 Å². The van der Waals surface area contributed by atoms with Gasteiger partial charge < -0.3 is 20.1 Å². The van der Waals surface area contributed by atoms with E-state index in [9.17, 15) is 19.1 Å². The molecule has 2 amide bonds. The van der Waals surface area contributed by atoms with Crippen LogP contribution in [-0.2, 0) is 11.2 Å². The first-order valence-electron chi connectivity index (χ1n) is 16.0. The molecule has 9 nitrogen and oxygen atoms in total. The van der Waals surface area contributed by atoms with Gasteiger partial charge in [-0.1, -0.05) is 0 Å². The Balaban J connectivity index is 1.29. The van der Waals surface area contributed by atoms with E-state index in [4.69, 9.17) is 4.74 Å². The Kier molecular flexibility index (Phi) is 10.00. The van der Waals surface area contributed by atoms with E-state index in [1.807, 2.05) is 33.8 Å². The largest absolute Gasteiger partial charge is 0.476 e. The van der Waals surface area contributed by atoms with E-state index in [1.54, 1.807) is 6.20 Å². The summed E-state index contributed by atoms with van der Waals surface area (Å²) < 4.78 is 19.6. The van der Waals surface area contributed by atoms with Gasteiger partial charge in [0.05, 0.1) is 11.3 Å². The van der Waals surface area contributed by atoms with Gasteiger partial charge in [0, 0.05) is 54.4 Å². The molecule has 0 spiro atoms. The predicted octanol–water partition coefficient (Wildman–Crippen LogP) is 4.77. The highest BCUT2D eigenvalue weighted by Crippen LogP contribution is 2.38. The lowest BCUT2D eigenvalue weighted by Crippen LogP contribution is -2.44. The van der Waals surface area contributed by atoms with Crippen LogP contribution >= 0.6 is 0 Å². The summed E-state index contributed by atoms with van der Waals surface area (Å²) in [5, 5.41) is 13.4. The Morgan fingerprint density at radius 2 is 1.80 bits per heavy atom. The van der Waals surface area contributed by atoms with Gasteiger partial charge >= 0.3 is 0 Å². The molecule has 44 heavy (non-hydrogen) atoms. The number of ether oxygens (including phenoxy) is 1. The summed E-state index contributed by atoms with van der Waals surface area (Å²) in [7, 11) is 0. The van der Waals surface area contributed by atoms with Crippen molar-refractivity contribution in [3.8, 4) is 5.88 Å². The SMILES string of the molecule is CC(C)NC(=O)C1CCC(N2C(=NC(=O)c3ccc(F)cc3)Cc3cnc(OCCN4CCC(C(C)(C)O)CC4)cc32)CC1. The minimum atomic E-state index is -0.645. The van der Waals surface area contributed by atoms with Gasteiger partial charge in [-0.05, 0) is 109 Å². The van der Waals surface area contributed by atoms with E-state index in [0.29, 0.717) is 36.2 Å². The molecule has 5 rings (SSSR count). The minimum absolute atomic E-state index is 0.0261. The summed E-state index contributed by atoms with van der Waals surface area (Å²) in [5.74, 6) is 0.732. The molecule has 2 N–H and O–H groups in total. The minimum Gasteiger partial charge on any atom is -0.476 e. The fourth-order valence-electron chi connectivity index (χ4n) is 6.70. The molecule has 10 heteroatoms. The number of amides is 2. The Bertz CT molecular complexity index is 1340. The van der Waals surface area contributed by atoms with E-state index in [0.717, 1.165) is 69.4 Å². The van der Waals surface area contributed by atoms with E-state index in [-0.39, 0.29) is 23.9 Å². The third-order valence-electron chi connectivity index (χ3n) is 9.25. The standard InChI is InChI=1S/C34H46FN5O4/c1-22(2)37-32(41)24-7-11-28(12-8-24)40-29-20-31(44-18-17-39-15-13-26(14-16-39)34(3,4)43)36-21-25(29)19-30(40)38-33(42)23-5-9-27(35)10-6-23/h5-6,9-10,20-22,24,26,28,43H,7-8,11-19H2,1-4H3,(H,37,41). The highest BCUT2D eigenvalue weighted by Gasteiger charge is 2.37. The number of aromatic nitrogens is 1. The number of nitrogens with one attached hydrogen (secondary N) is 1. The number of amidine groups is 1. The van der Waals surface area contributed by atoms with Crippen LogP contribution in [0.4, 0.5) is 10.1 Å². The van der Waals surface area contributed by atoms with Crippen LogP contribution in [0.2, 0.25) is 0 Å². The monoisotopic (exact) mass is 607 g/mol. The summed E-state index contributed by atoms with van der Waals surface area (Å²) in [6.07, 6.45) is 7.29. The zero-order chi connectivity index (χ0) is 31.4. The highest BCUT2D eigenvalue weighted by atomic mass is 19.1. The number of hydrogen-bond donors (Lipinski definition) is 2. The van der Waals surface area contributed by atoms with Crippen LogP contribution in [0.3, 0.4) is 0 Å². The van der Waals surface area contributed by atoms with Gasteiger partial charge in [-0.15, -0.1) is 0 Å². The first-order valence-corrected chi connectivity index (χ1v) is 16.0. The number of halogens is 1. The van der Waals surface area contributed by atoms with Crippen molar-refractivity contribution < 1.29 is 23.8 Å². The summed E-state index contributed by atoms with van der Waals surface area (Å²) in [6, 6.07) is 7.56. The number of aliphatic hydroxyl groups is 1. The number of pyridine rings is 1. The molecule has 0 unspecified atom stereocenters. The molecule has 3 aliphatic rings. The normalized spacial score (nSPS) is 22.3. The van der Waals surface area contributed by atoms with Crippen LogP contribution in [0.1, 0.15) is 82.1 Å². The number of rotatable bonds is 9. The van der Waals surface area contributed by atoms with Crippen LogP contribution < -0.4 is 15.0 Å². The van der Waals surface area contributed by atoms with Gasteiger partial charge in [0.25, 0.3) is 5.91 Å². The lowest BCUT2D eigenvalue weighted by Gasteiger charge is -2.37. The van der Waals surface area contributed by atoms with Crippen LogP contribution in [0.5, 0.6) is 5.88 Å². The quantitative estimate of drug-likeness (QED) is 0.423. The first-order chi connectivity index (χ1) is 21.0. The third kappa shape index (κ3) is 7.82. The topological polar surface area (TPSA) is 107 Å². The smallest absolute Gasteiger partial charge is 0.278 e. The van der Waals surface area contributed by atoms with Crippen molar-refractivity contribution in [1.82, 2.24) is 15.2 Å². The van der Waals surface area contributed by atoms with E-state index in [1.165, 1.54) is 24.3 Å². The highest BCUT2D eigenvalue weighted by molar-refractivity contribution is 6.12. The van der Waals surface area contributed by atoms with Crippen LogP contribution in [0.15, 0.2) is 41.5 Å². The molecule has 0 atom stereocenters. The maximum absolute atomic E-state index is 13.5. The number of nitrogens with zero attached hydrogens (tertiary/aromatic N) is 4. The van der Waals surface area contributed by atoms with Crippen molar-refractivity contribution in [3.63, 3.8) is 0 Å². The Morgan fingerprint density at radius 1 is 1.11 bits per heavy atom. The van der Waals surface area contributed by atoms with Gasteiger partial charge in [-0.25, -0.2) is 9.37 Å². The molecule has 238 valence electrons. The molecule has 1 saturated carbocycles. The van der Waals surface area contributed by atoms with Crippen molar-refractivity contribution in [3.05, 3.63) is 53.5 Å². The lowest BCUT2D eigenvalue weighted by atomic mass is 9.83. The number of hydrogen-bond acceptors (Lipinski definition) is 6. The van der Waals surface area contributed by atoms with E-state index >= 15 is 0 Å². The molecular formula is C34H46FN5O4. The number of carbonyl (C=O) groups excluding carboxylic acids is 2. The van der Waals surface area contributed by atoms with Crippen molar-refractivity contribution in [1.29, 1.82) is 0 Å². The molecule has 1 aromatic heterocycles. The summed E-state index contributed by atoms with van der Waals surface area (Å²) >= 11 is 0. The number of piperidine rings is 1. The van der Waals surface area contributed by atoms with Gasteiger partial charge in [0.2, 0.25) is 11.8 Å². The Labute approximate surface area is 259 Å². The summed E-state index contributed by atoms with van der Waals surface area (Å²) in [4.78, 5) is 39.4. The molecular weight excluding hydrogens is 561 g/mol. The number of aliphatic imine (C=N–C) groups is 1. The van der Waals surface area contributed by atoms with Crippen LogP contribution in [0.25, 0.3) is 0 Å². The summed E-state index contributed by atoms with van der Waals surface area (Å²) in [6.45, 7) is 10.9. The molecule has 2 aromatic rings. The molecule has 2 aliphatic heterocycles. The van der Waals surface area contributed by atoms with E-state index in [2.05, 4.69) is 25.1 Å². The number of benzene rings is 1. The Morgan fingerprint density at radius 3 is 2.43 bits per heavy atom. The maximum atomic E-state index is 13.5. The number of anilines is 1. The van der Waals surface area contributed by atoms with Crippen molar-refractivity contribution >= 4 is 23.3 Å². The second-order valence-electron chi connectivity index (χ2n) is 13.3. The second kappa shape index (κ2) is 13.7. The zero-order valence-electron chi connectivity index (χ0n) is 26.4.